The zero-order valence-corrected chi connectivity index (χ0v) is 12.1. The maximum absolute atomic E-state index is 12.6. The quantitative estimate of drug-likeness (QED) is 0.328. The maximum Gasteiger partial charge on any atom is 0.269 e. The van der Waals surface area contributed by atoms with E-state index in [0.717, 1.165) is 3.97 Å². The van der Waals surface area contributed by atoms with Crippen LogP contribution in [0.4, 0.5) is 0 Å². The number of aromatic nitrogens is 2. The van der Waals surface area contributed by atoms with Crippen LogP contribution in [-0.2, 0) is 10.0 Å². The number of pyridine rings is 1. The standard InChI is InChI=1S/C14H12N4O3S/c15-13(17-19)11-8-10-6-7-18(14(10)16-9-11)22(20,21)12-4-2-1-3-5-12/h1-9,19H,(H2,15,17). The fraction of sp³-hybridized carbons (Fsp3) is 0. The summed E-state index contributed by atoms with van der Waals surface area (Å²) < 4.78 is 26.3. The Labute approximate surface area is 126 Å². The number of nitrogens with two attached hydrogens (primary N) is 1. The van der Waals surface area contributed by atoms with Crippen molar-refractivity contribution in [1.82, 2.24) is 8.96 Å². The molecule has 8 heteroatoms. The second-order valence-electron chi connectivity index (χ2n) is 4.55. The number of hydrogen-bond donors (Lipinski definition) is 2. The Morgan fingerprint density at radius 2 is 1.95 bits per heavy atom. The maximum atomic E-state index is 12.6. The van der Waals surface area contributed by atoms with Gasteiger partial charge in [0, 0.05) is 23.3 Å². The largest absolute Gasteiger partial charge is 0.409 e. The first-order valence-electron chi connectivity index (χ1n) is 6.29. The minimum absolute atomic E-state index is 0.0898. The average Bonchev–Trinajstić information content (AvgIpc) is 2.98. The number of amidine groups is 1. The molecule has 3 aromatic rings. The van der Waals surface area contributed by atoms with Crippen molar-refractivity contribution in [3.63, 3.8) is 0 Å². The molecule has 1 aromatic carbocycles. The van der Waals surface area contributed by atoms with Gasteiger partial charge in [-0.3, -0.25) is 0 Å². The van der Waals surface area contributed by atoms with E-state index in [1.165, 1.54) is 24.5 Å². The van der Waals surface area contributed by atoms with Crippen molar-refractivity contribution in [2.75, 3.05) is 0 Å². The summed E-state index contributed by atoms with van der Waals surface area (Å²) in [7, 11) is -3.72. The van der Waals surface area contributed by atoms with E-state index in [9.17, 15) is 8.42 Å². The number of benzene rings is 1. The summed E-state index contributed by atoms with van der Waals surface area (Å²) in [6.45, 7) is 0. The normalized spacial score (nSPS) is 12.6. The molecule has 2 aromatic heterocycles. The van der Waals surface area contributed by atoms with E-state index >= 15 is 0 Å². The highest BCUT2D eigenvalue weighted by molar-refractivity contribution is 7.90. The molecule has 0 atom stereocenters. The van der Waals surface area contributed by atoms with Gasteiger partial charge in [0.2, 0.25) is 0 Å². The van der Waals surface area contributed by atoms with E-state index in [1.807, 2.05) is 0 Å². The molecular weight excluding hydrogens is 304 g/mol. The van der Waals surface area contributed by atoms with Crippen LogP contribution in [0, 0.1) is 0 Å². The summed E-state index contributed by atoms with van der Waals surface area (Å²) in [5.41, 5.74) is 6.19. The van der Waals surface area contributed by atoms with Crippen LogP contribution in [0.2, 0.25) is 0 Å². The third-order valence-electron chi connectivity index (χ3n) is 3.20. The van der Waals surface area contributed by atoms with Crippen molar-refractivity contribution < 1.29 is 13.6 Å². The predicted octanol–water partition coefficient (Wildman–Crippen LogP) is 1.37. The molecule has 0 aliphatic heterocycles. The highest BCUT2D eigenvalue weighted by Gasteiger charge is 2.19. The van der Waals surface area contributed by atoms with Crippen LogP contribution in [0.1, 0.15) is 5.56 Å². The molecule has 3 rings (SSSR count). The Hall–Kier alpha value is -2.87. The second kappa shape index (κ2) is 5.15. The second-order valence-corrected chi connectivity index (χ2v) is 6.37. The summed E-state index contributed by atoms with van der Waals surface area (Å²) in [5, 5.41) is 12.1. The van der Waals surface area contributed by atoms with Crippen LogP contribution in [0.5, 0.6) is 0 Å². The van der Waals surface area contributed by atoms with Gasteiger partial charge in [0.25, 0.3) is 10.0 Å². The van der Waals surface area contributed by atoms with Gasteiger partial charge >= 0.3 is 0 Å². The van der Waals surface area contributed by atoms with Gasteiger partial charge in [0.1, 0.15) is 0 Å². The van der Waals surface area contributed by atoms with Crippen molar-refractivity contribution in [3.8, 4) is 0 Å². The molecule has 112 valence electrons. The number of oxime groups is 1. The van der Waals surface area contributed by atoms with E-state index in [4.69, 9.17) is 10.9 Å². The molecule has 0 aliphatic rings. The fourth-order valence-electron chi connectivity index (χ4n) is 2.10. The average molecular weight is 316 g/mol. The van der Waals surface area contributed by atoms with Gasteiger partial charge in [-0.15, -0.1) is 0 Å². The van der Waals surface area contributed by atoms with Crippen LogP contribution in [0.15, 0.2) is 64.9 Å². The van der Waals surface area contributed by atoms with Crippen LogP contribution < -0.4 is 5.73 Å². The lowest BCUT2D eigenvalue weighted by atomic mass is 10.2. The van der Waals surface area contributed by atoms with Crippen molar-refractivity contribution in [2.24, 2.45) is 10.9 Å². The van der Waals surface area contributed by atoms with Gasteiger partial charge < -0.3 is 10.9 Å². The lowest BCUT2D eigenvalue weighted by molar-refractivity contribution is 0.318. The monoisotopic (exact) mass is 316 g/mol. The highest BCUT2D eigenvalue weighted by Crippen LogP contribution is 2.21. The summed E-state index contributed by atoms with van der Waals surface area (Å²) in [6.07, 6.45) is 2.78. The van der Waals surface area contributed by atoms with Crippen LogP contribution >= 0.6 is 0 Å². The summed E-state index contributed by atoms with van der Waals surface area (Å²) >= 11 is 0. The minimum atomic E-state index is -3.72. The van der Waals surface area contributed by atoms with Gasteiger partial charge in [-0.1, -0.05) is 23.4 Å². The van der Waals surface area contributed by atoms with Gasteiger partial charge in [0.05, 0.1) is 4.90 Å². The molecule has 3 N–H and O–H groups in total. The van der Waals surface area contributed by atoms with Crippen molar-refractivity contribution in [2.45, 2.75) is 4.90 Å². The molecule has 0 spiro atoms. The lowest BCUT2D eigenvalue weighted by Crippen LogP contribution is -2.14. The van der Waals surface area contributed by atoms with E-state index in [2.05, 4.69) is 10.1 Å². The third kappa shape index (κ3) is 2.19. The SMILES string of the molecule is N/C(=N\O)c1cnc2c(ccn2S(=O)(=O)c2ccccc2)c1. The van der Waals surface area contributed by atoms with Gasteiger partial charge in [-0.2, -0.15) is 0 Å². The third-order valence-corrected chi connectivity index (χ3v) is 4.88. The van der Waals surface area contributed by atoms with Crippen molar-refractivity contribution >= 4 is 26.9 Å². The van der Waals surface area contributed by atoms with Crippen molar-refractivity contribution in [3.05, 3.63) is 60.4 Å². The first-order valence-corrected chi connectivity index (χ1v) is 7.73. The van der Waals surface area contributed by atoms with E-state index in [1.54, 1.807) is 30.3 Å². The number of rotatable bonds is 3. The van der Waals surface area contributed by atoms with Gasteiger partial charge in [0.15, 0.2) is 11.5 Å². The zero-order chi connectivity index (χ0) is 15.7. The van der Waals surface area contributed by atoms with Crippen LogP contribution in [-0.4, -0.2) is 28.4 Å². The van der Waals surface area contributed by atoms with Gasteiger partial charge in [-0.05, 0) is 24.3 Å². The topological polar surface area (TPSA) is 111 Å². The fourth-order valence-corrected chi connectivity index (χ4v) is 3.43. The van der Waals surface area contributed by atoms with E-state index < -0.39 is 10.0 Å². The lowest BCUT2D eigenvalue weighted by Gasteiger charge is -2.07. The zero-order valence-electron chi connectivity index (χ0n) is 11.3. The first kappa shape index (κ1) is 14.1. The smallest absolute Gasteiger partial charge is 0.269 e. The van der Waals surface area contributed by atoms with E-state index in [-0.39, 0.29) is 16.4 Å². The molecule has 0 unspecified atom stereocenters. The molecule has 22 heavy (non-hydrogen) atoms. The Kier molecular flexibility index (Phi) is 3.30. The highest BCUT2D eigenvalue weighted by atomic mass is 32.2. The van der Waals surface area contributed by atoms with Crippen LogP contribution in [0.25, 0.3) is 11.0 Å². The van der Waals surface area contributed by atoms with Crippen molar-refractivity contribution in [1.29, 1.82) is 0 Å². The molecule has 0 aliphatic carbocycles. The first-order chi connectivity index (χ1) is 10.5. The summed E-state index contributed by atoms with van der Waals surface area (Å²) in [4.78, 5) is 4.29. The Balaban J connectivity index is 2.17. The predicted molar refractivity (Wildman–Crippen MR) is 81.3 cm³/mol. The Bertz CT molecular complexity index is 962. The molecule has 0 bridgehead atoms. The Morgan fingerprint density at radius 1 is 1.23 bits per heavy atom. The van der Waals surface area contributed by atoms with Crippen LogP contribution in [0.3, 0.4) is 0 Å². The summed E-state index contributed by atoms with van der Waals surface area (Å²) in [5.74, 6) is -0.0898. The Morgan fingerprint density at radius 3 is 2.64 bits per heavy atom. The molecular formula is C14H12N4O3S. The molecule has 0 radical (unpaired) electrons. The molecule has 7 nitrogen and oxygen atoms in total. The molecule has 0 saturated carbocycles. The number of nitrogens with zero attached hydrogens (tertiary/aromatic N) is 3. The molecule has 0 fully saturated rings. The molecule has 0 amide bonds. The van der Waals surface area contributed by atoms with Gasteiger partial charge in [-0.25, -0.2) is 17.4 Å². The minimum Gasteiger partial charge on any atom is -0.409 e. The molecule has 0 saturated heterocycles. The van der Waals surface area contributed by atoms with E-state index in [0.29, 0.717) is 10.9 Å². The molecule has 2 heterocycles. The number of hydrogen-bond acceptors (Lipinski definition) is 5. The number of fused-ring (bicyclic) bond motifs is 1. The summed E-state index contributed by atoms with van der Waals surface area (Å²) in [6, 6.07) is 11.3.